The molecule has 0 amide bonds. The number of anilines is 1. The molecular weight excluding hydrogens is 468 g/mol. The van der Waals surface area contributed by atoms with Gasteiger partial charge in [0.05, 0.1) is 42.5 Å². The van der Waals surface area contributed by atoms with E-state index < -0.39 is 0 Å². The van der Waals surface area contributed by atoms with Gasteiger partial charge in [-0.3, -0.25) is 9.48 Å². The molecule has 12 heteroatoms. The molecule has 5 rings (SSSR count). The number of ether oxygens (including phenoxy) is 2. The summed E-state index contributed by atoms with van der Waals surface area (Å²) in [5.41, 5.74) is 3.16. The molecule has 3 N–H and O–H groups in total. The maximum Gasteiger partial charge on any atom is 0.261 e. The maximum atomic E-state index is 13.3. The predicted octanol–water partition coefficient (Wildman–Crippen LogP) is 3.29. The minimum atomic E-state index is -0.301. The van der Waals surface area contributed by atoms with Gasteiger partial charge in [0.15, 0.2) is 11.5 Å². The van der Waals surface area contributed by atoms with E-state index in [1.54, 1.807) is 62.7 Å². The van der Waals surface area contributed by atoms with E-state index in [9.17, 15) is 4.79 Å². The summed E-state index contributed by atoms with van der Waals surface area (Å²) in [6.45, 7) is 2.02. The van der Waals surface area contributed by atoms with Crippen molar-refractivity contribution < 1.29 is 9.47 Å². The highest BCUT2D eigenvalue weighted by Gasteiger charge is 2.24. The monoisotopic (exact) mass is 494 g/mol. The van der Waals surface area contributed by atoms with E-state index >= 15 is 0 Å². The highest BCUT2D eigenvalue weighted by molar-refractivity contribution is 7.59. The predicted molar refractivity (Wildman–Crippen MR) is 139 cm³/mol. The van der Waals surface area contributed by atoms with Crippen molar-refractivity contribution in [1.29, 1.82) is 0 Å². The molecule has 4 heterocycles. The first kappa shape index (κ1) is 24.1. The van der Waals surface area contributed by atoms with Crippen LogP contribution in [-0.2, 0) is 7.05 Å². The lowest BCUT2D eigenvalue weighted by Gasteiger charge is -2.18. The van der Waals surface area contributed by atoms with Crippen LogP contribution in [0.4, 0.5) is 5.69 Å². The third-order valence-electron chi connectivity index (χ3n) is 5.64. The number of rotatable bonds is 7. The second kappa shape index (κ2) is 9.66. The van der Waals surface area contributed by atoms with Crippen LogP contribution in [0.1, 0.15) is 25.2 Å². The van der Waals surface area contributed by atoms with Crippen LogP contribution in [-0.4, -0.2) is 48.9 Å². The van der Waals surface area contributed by atoms with Crippen molar-refractivity contribution >= 4 is 41.2 Å². The first-order chi connectivity index (χ1) is 16.5. The van der Waals surface area contributed by atoms with Gasteiger partial charge in [0.2, 0.25) is 0 Å². The average molecular weight is 495 g/mol. The number of hydrogen-bond acceptors (Lipinski definition) is 8. The first-order valence-corrected chi connectivity index (χ1v) is 10.8. The van der Waals surface area contributed by atoms with Gasteiger partial charge < -0.3 is 24.8 Å². The van der Waals surface area contributed by atoms with Gasteiger partial charge in [0.25, 0.3) is 5.56 Å². The zero-order valence-electron chi connectivity index (χ0n) is 19.7. The van der Waals surface area contributed by atoms with Gasteiger partial charge in [-0.1, -0.05) is 6.92 Å². The lowest BCUT2D eigenvalue weighted by atomic mass is 10.1. The number of benzene rings is 1. The van der Waals surface area contributed by atoms with Gasteiger partial charge >= 0.3 is 0 Å². The second-order valence-electron chi connectivity index (χ2n) is 7.79. The summed E-state index contributed by atoms with van der Waals surface area (Å²) in [5.74, 6) is 2.13. The summed E-state index contributed by atoms with van der Waals surface area (Å²) in [6.07, 6.45) is 5.85. The van der Waals surface area contributed by atoms with Crippen LogP contribution in [0.2, 0.25) is 0 Å². The van der Waals surface area contributed by atoms with Crippen molar-refractivity contribution in [1.82, 2.24) is 34.7 Å². The number of hydrogen-bond donors (Lipinski definition) is 3. The quantitative estimate of drug-likeness (QED) is 0.314. The first-order valence-electron chi connectivity index (χ1n) is 10.8. The summed E-state index contributed by atoms with van der Waals surface area (Å²) in [4.78, 5) is 33.0. The van der Waals surface area contributed by atoms with E-state index in [-0.39, 0.29) is 25.1 Å². The van der Waals surface area contributed by atoms with Crippen molar-refractivity contribution in [3.8, 4) is 22.9 Å². The number of nitrogens with one attached hydrogen (secondary N) is 3. The lowest BCUT2D eigenvalue weighted by Crippen LogP contribution is -2.18. The van der Waals surface area contributed by atoms with Crippen LogP contribution in [0.25, 0.3) is 33.5 Å². The lowest BCUT2D eigenvalue weighted by molar-refractivity contribution is 0.356. The van der Waals surface area contributed by atoms with Crippen molar-refractivity contribution in [3.63, 3.8) is 0 Å². The molecule has 1 atom stereocenters. The summed E-state index contributed by atoms with van der Waals surface area (Å²) >= 11 is 0. The third kappa shape index (κ3) is 4.28. The molecule has 1 aromatic carbocycles. The number of aromatic amines is 2. The number of imidazole rings is 1. The van der Waals surface area contributed by atoms with E-state index in [1.165, 1.54) is 0 Å². The molecular formula is C23H26N8O3S. The number of pyridine rings is 1. The fourth-order valence-electron chi connectivity index (χ4n) is 4.02. The highest BCUT2D eigenvalue weighted by atomic mass is 32.1. The molecule has 0 spiro atoms. The summed E-state index contributed by atoms with van der Waals surface area (Å²) in [5, 5.41) is 8.06. The Kier molecular flexibility index (Phi) is 6.65. The minimum absolute atomic E-state index is 0. The smallest absolute Gasteiger partial charge is 0.261 e. The van der Waals surface area contributed by atoms with Crippen molar-refractivity contribution in [2.45, 2.75) is 19.4 Å². The SMILES string of the molecule is CC[C@H](Nc1c(-c2nc3cc(OC)c(OC)cc3[nH]2)c(=O)[nH]c2cn(C)nc12)c1ncccn1.S. The molecule has 11 nitrogen and oxygen atoms in total. The number of aromatic nitrogens is 7. The Labute approximate surface area is 207 Å². The molecule has 0 aliphatic heterocycles. The molecule has 0 saturated carbocycles. The highest BCUT2D eigenvalue weighted by Crippen LogP contribution is 2.35. The largest absolute Gasteiger partial charge is 0.493 e. The molecule has 0 aliphatic carbocycles. The number of H-pyrrole nitrogens is 2. The van der Waals surface area contributed by atoms with Gasteiger partial charge in [-0.05, 0) is 12.5 Å². The van der Waals surface area contributed by atoms with Crippen molar-refractivity contribution in [2.75, 3.05) is 19.5 Å². The summed E-state index contributed by atoms with van der Waals surface area (Å²) in [6, 6.07) is 5.08. The fourth-order valence-corrected chi connectivity index (χ4v) is 4.02. The minimum Gasteiger partial charge on any atom is -0.493 e. The van der Waals surface area contributed by atoms with Gasteiger partial charge in [-0.25, -0.2) is 15.0 Å². The average Bonchev–Trinajstić information content (AvgIpc) is 3.43. The van der Waals surface area contributed by atoms with E-state index in [0.717, 1.165) is 0 Å². The van der Waals surface area contributed by atoms with Crippen LogP contribution < -0.4 is 20.3 Å². The van der Waals surface area contributed by atoms with Crippen molar-refractivity contribution in [2.24, 2.45) is 7.05 Å². The molecule has 35 heavy (non-hydrogen) atoms. The molecule has 0 fully saturated rings. The summed E-state index contributed by atoms with van der Waals surface area (Å²) in [7, 11) is 4.94. The maximum absolute atomic E-state index is 13.3. The number of fused-ring (bicyclic) bond motifs is 2. The standard InChI is InChI=1S/C23H24N8O3.H2S/c1-5-12(21-24-7-6-8-25-21)26-20-18(23(32)29-15-11-31(2)30-19(15)20)22-27-13-9-16(33-3)17(34-4)10-14(13)28-22;/h6-12,26H,5H2,1-4H3,(H,27,28)(H,29,32);1H2/t12-;/m0./s1. The molecule has 0 bridgehead atoms. The molecule has 5 aromatic rings. The Morgan fingerprint density at radius 3 is 2.49 bits per heavy atom. The van der Waals surface area contributed by atoms with Crippen LogP contribution >= 0.6 is 13.5 Å². The fraction of sp³-hybridized carbons (Fsp3) is 0.261. The second-order valence-corrected chi connectivity index (χ2v) is 7.79. The van der Waals surface area contributed by atoms with Gasteiger partial charge in [-0.15, -0.1) is 0 Å². The van der Waals surface area contributed by atoms with E-state index in [1.807, 2.05) is 6.92 Å². The van der Waals surface area contributed by atoms with Crippen LogP contribution in [0.15, 0.2) is 41.6 Å². The van der Waals surface area contributed by atoms with E-state index in [4.69, 9.17) is 14.5 Å². The summed E-state index contributed by atoms with van der Waals surface area (Å²) < 4.78 is 12.5. The normalized spacial score (nSPS) is 11.9. The Balaban J connectivity index is 0.00000289. The van der Waals surface area contributed by atoms with Crippen LogP contribution in [0.3, 0.4) is 0 Å². The van der Waals surface area contributed by atoms with Crippen molar-refractivity contribution in [3.05, 3.63) is 53.0 Å². The van der Waals surface area contributed by atoms with Gasteiger partial charge in [0, 0.05) is 37.8 Å². The third-order valence-corrected chi connectivity index (χ3v) is 5.64. The molecule has 0 radical (unpaired) electrons. The van der Waals surface area contributed by atoms with Crippen LogP contribution in [0.5, 0.6) is 11.5 Å². The zero-order chi connectivity index (χ0) is 23.8. The van der Waals surface area contributed by atoms with Gasteiger partial charge in [-0.2, -0.15) is 18.6 Å². The molecule has 0 saturated heterocycles. The topological polar surface area (TPSA) is 136 Å². The Hall–Kier alpha value is -4.06. The van der Waals surface area contributed by atoms with Gasteiger partial charge in [0.1, 0.15) is 22.7 Å². The molecule has 0 unspecified atom stereocenters. The van der Waals surface area contributed by atoms with E-state index in [0.29, 0.717) is 62.9 Å². The number of aryl methyl sites for hydroxylation is 1. The Morgan fingerprint density at radius 2 is 1.80 bits per heavy atom. The number of methoxy groups -OCH3 is 2. The molecule has 0 aliphatic rings. The Bertz CT molecular complexity index is 1500. The number of nitrogens with zero attached hydrogens (tertiary/aromatic N) is 5. The zero-order valence-corrected chi connectivity index (χ0v) is 20.7. The van der Waals surface area contributed by atoms with Crippen LogP contribution in [0, 0.1) is 0 Å². The molecule has 4 aromatic heterocycles. The van der Waals surface area contributed by atoms with E-state index in [2.05, 4.69) is 30.4 Å². The Morgan fingerprint density at radius 1 is 1.09 bits per heavy atom. The molecule has 182 valence electrons.